The van der Waals surface area contributed by atoms with Crippen molar-refractivity contribution in [1.29, 1.82) is 0 Å². The molecular formula is C20H19F3N4O. The summed E-state index contributed by atoms with van der Waals surface area (Å²) < 4.78 is 39.2. The Balaban J connectivity index is 1.98. The molecule has 1 N–H and O–H groups in total. The van der Waals surface area contributed by atoms with Crippen LogP contribution in [-0.4, -0.2) is 30.0 Å². The third kappa shape index (κ3) is 3.90. The lowest BCUT2D eigenvalue weighted by Crippen LogP contribution is -2.18. The summed E-state index contributed by atoms with van der Waals surface area (Å²) in [5.41, 5.74) is 2.74. The van der Waals surface area contributed by atoms with Crippen LogP contribution in [0, 0.1) is 13.8 Å². The topological polar surface area (TPSA) is 58.1 Å². The minimum absolute atomic E-state index is 0.0797. The summed E-state index contributed by atoms with van der Waals surface area (Å²) in [6.45, 7) is 3.67. The molecule has 28 heavy (non-hydrogen) atoms. The van der Waals surface area contributed by atoms with E-state index in [0.29, 0.717) is 16.7 Å². The number of fused-ring (bicyclic) bond motifs is 1. The van der Waals surface area contributed by atoms with Gasteiger partial charge in [-0.25, -0.2) is 9.97 Å². The number of anilines is 2. The van der Waals surface area contributed by atoms with Crippen molar-refractivity contribution in [1.82, 2.24) is 9.97 Å². The maximum absolute atomic E-state index is 13.1. The number of hydrogen-bond acceptors (Lipinski definition) is 4. The van der Waals surface area contributed by atoms with E-state index in [1.54, 1.807) is 37.2 Å². The maximum atomic E-state index is 13.1. The lowest BCUT2D eigenvalue weighted by atomic mass is 10.1. The van der Waals surface area contributed by atoms with E-state index in [9.17, 15) is 18.0 Å². The average Bonchev–Trinajstić information content (AvgIpc) is 2.61. The molecule has 0 aliphatic carbocycles. The minimum Gasteiger partial charge on any atom is -0.376 e. The quantitative estimate of drug-likeness (QED) is 0.713. The third-order valence-electron chi connectivity index (χ3n) is 4.39. The van der Waals surface area contributed by atoms with Gasteiger partial charge in [-0.2, -0.15) is 13.2 Å². The number of nitrogens with one attached hydrogen (secondary N) is 1. The molecule has 2 aromatic carbocycles. The predicted octanol–water partition coefficient (Wildman–Crippen LogP) is 4.58. The summed E-state index contributed by atoms with van der Waals surface area (Å²) in [4.78, 5) is 23.1. The molecule has 1 heterocycles. The number of carbonyl (C=O) groups excluding carboxylic acids is 1. The van der Waals surface area contributed by atoms with Gasteiger partial charge in [0, 0.05) is 19.7 Å². The SMILES string of the molecule is Cc1nc2ccc(C(=O)Nc3cc(C(F)(F)F)ccc3N(C)C)cc2nc1C. The van der Waals surface area contributed by atoms with Crippen LogP contribution in [0.1, 0.15) is 27.3 Å². The van der Waals surface area contributed by atoms with Gasteiger partial charge >= 0.3 is 6.18 Å². The van der Waals surface area contributed by atoms with Crippen LogP contribution in [0.5, 0.6) is 0 Å². The van der Waals surface area contributed by atoms with Crippen LogP contribution >= 0.6 is 0 Å². The number of halogens is 3. The minimum atomic E-state index is -4.50. The number of amides is 1. The Morgan fingerprint density at radius 3 is 2.21 bits per heavy atom. The van der Waals surface area contributed by atoms with Gasteiger partial charge in [-0.3, -0.25) is 4.79 Å². The average molecular weight is 388 g/mol. The molecule has 3 aromatic rings. The first kappa shape index (κ1) is 19.6. The first-order chi connectivity index (χ1) is 13.1. The molecule has 0 saturated carbocycles. The zero-order valence-corrected chi connectivity index (χ0v) is 15.8. The van der Waals surface area contributed by atoms with E-state index in [0.717, 1.165) is 23.5 Å². The first-order valence-corrected chi connectivity index (χ1v) is 8.51. The number of alkyl halides is 3. The standard InChI is InChI=1S/C20H19F3N4O/c1-11-12(2)25-16-9-13(5-7-15(16)24-11)19(28)26-17-10-14(20(21,22)23)6-8-18(17)27(3)4/h5-10H,1-4H3,(H,26,28). The highest BCUT2D eigenvalue weighted by Gasteiger charge is 2.31. The van der Waals surface area contributed by atoms with Crippen molar-refractivity contribution in [3.05, 3.63) is 58.9 Å². The molecule has 0 aliphatic rings. The molecule has 0 fully saturated rings. The van der Waals surface area contributed by atoms with Crippen molar-refractivity contribution in [3.8, 4) is 0 Å². The van der Waals surface area contributed by atoms with Crippen LogP contribution in [-0.2, 0) is 6.18 Å². The molecule has 5 nitrogen and oxygen atoms in total. The summed E-state index contributed by atoms with van der Waals surface area (Å²) >= 11 is 0. The van der Waals surface area contributed by atoms with Gasteiger partial charge in [0.25, 0.3) is 5.91 Å². The Kier molecular flexibility index (Phi) is 4.97. The molecule has 0 spiro atoms. The molecule has 0 aliphatic heterocycles. The molecule has 0 bridgehead atoms. The van der Waals surface area contributed by atoms with Crippen LogP contribution in [0.4, 0.5) is 24.5 Å². The molecule has 146 valence electrons. The second-order valence-electron chi connectivity index (χ2n) is 6.68. The van der Waals surface area contributed by atoms with Crippen molar-refractivity contribution >= 4 is 28.3 Å². The van der Waals surface area contributed by atoms with Gasteiger partial charge < -0.3 is 10.2 Å². The van der Waals surface area contributed by atoms with Gasteiger partial charge in [0.2, 0.25) is 0 Å². The van der Waals surface area contributed by atoms with E-state index in [1.165, 1.54) is 6.07 Å². The summed E-state index contributed by atoms with van der Waals surface area (Å²) in [6, 6.07) is 8.07. The summed E-state index contributed by atoms with van der Waals surface area (Å²) in [6.07, 6.45) is -4.50. The number of rotatable bonds is 3. The van der Waals surface area contributed by atoms with Gasteiger partial charge in [0.05, 0.1) is 39.4 Å². The number of benzene rings is 2. The van der Waals surface area contributed by atoms with Crippen molar-refractivity contribution in [2.24, 2.45) is 0 Å². The Morgan fingerprint density at radius 1 is 0.964 bits per heavy atom. The normalized spacial score (nSPS) is 11.5. The van der Waals surface area contributed by atoms with Gasteiger partial charge in [0.15, 0.2) is 0 Å². The van der Waals surface area contributed by atoms with E-state index < -0.39 is 17.6 Å². The zero-order valence-electron chi connectivity index (χ0n) is 15.8. The van der Waals surface area contributed by atoms with E-state index in [1.807, 2.05) is 13.8 Å². The molecule has 1 amide bonds. The van der Waals surface area contributed by atoms with Crippen molar-refractivity contribution in [3.63, 3.8) is 0 Å². The Hall–Kier alpha value is -3.16. The largest absolute Gasteiger partial charge is 0.416 e. The molecule has 0 radical (unpaired) electrons. The van der Waals surface area contributed by atoms with Gasteiger partial charge in [-0.05, 0) is 50.2 Å². The number of nitrogens with zero attached hydrogens (tertiary/aromatic N) is 3. The first-order valence-electron chi connectivity index (χ1n) is 8.51. The van der Waals surface area contributed by atoms with Crippen LogP contribution in [0.15, 0.2) is 36.4 Å². The second-order valence-corrected chi connectivity index (χ2v) is 6.68. The van der Waals surface area contributed by atoms with Crippen LogP contribution in [0.3, 0.4) is 0 Å². The Labute approximate surface area is 160 Å². The third-order valence-corrected chi connectivity index (χ3v) is 4.39. The van der Waals surface area contributed by atoms with Gasteiger partial charge in [0.1, 0.15) is 0 Å². The molecule has 3 rings (SSSR count). The summed E-state index contributed by atoms with van der Waals surface area (Å²) in [5.74, 6) is -0.524. The lowest BCUT2D eigenvalue weighted by Gasteiger charge is -2.20. The highest BCUT2D eigenvalue weighted by molar-refractivity contribution is 6.07. The molecule has 8 heteroatoms. The highest BCUT2D eigenvalue weighted by Crippen LogP contribution is 2.35. The van der Waals surface area contributed by atoms with Gasteiger partial charge in [-0.1, -0.05) is 0 Å². The van der Waals surface area contributed by atoms with Crippen LogP contribution in [0.2, 0.25) is 0 Å². The van der Waals surface area contributed by atoms with Gasteiger partial charge in [-0.15, -0.1) is 0 Å². The number of aryl methyl sites for hydroxylation is 2. The molecule has 0 unspecified atom stereocenters. The number of carbonyl (C=O) groups is 1. The van der Waals surface area contributed by atoms with Crippen molar-refractivity contribution < 1.29 is 18.0 Å². The fourth-order valence-corrected chi connectivity index (χ4v) is 2.77. The summed E-state index contributed by atoms with van der Waals surface area (Å²) in [7, 11) is 3.38. The monoisotopic (exact) mass is 388 g/mol. The van der Waals surface area contributed by atoms with Crippen molar-refractivity contribution in [2.75, 3.05) is 24.3 Å². The highest BCUT2D eigenvalue weighted by atomic mass is 19.4. The Morgan fingerprint density at radius 2 is 1.61 bits per heavy atom. The maximum Gasteiger partial charge on any atom is 0.416 e. The van der Waals surface area contributed by atoms with Crippen LogP contribution < -0.4 is 10.2 Å². The second kappa shape index (κ2) is 7.10. The zero-order chi connectivity index (χ0) is 20.6. The van der Waals surface area contributed by atoms with E-state index in [4.69, 9.17) is 0 Å². The smallest absolute Gasteiger partial charge is 0.376 e. The summed E-state index contributed by atoms with van der Waals surface area (Å²) in [5, 5.41) is 2.58. The fraction of sp³-hybridized carbons (Fsp3) is 0.250. The number of aromatic nitrogens is 2. The molecule has 0 saturated heterocycles. The predicted molar refractivity (Wildman–Crippen MR) is 103 cm³/mol. The number of hydrogen-bond donors (Lipinski definition) is 1. The van der Waals surface area contributed by atoms with E-state index in [2.05, 4.69) is 15.3 Å². The molecular weight excluding hydrogens is 369 g/mol. The Bertz CT molecular complexity index is 1060. The van der Waals surface area contributed by atoms with Crippen LogP contribution in [0.25, 0.3) is 11.0 Å². The van der Waals surface area contributed by atoms with E-state index >= 15 is 0 Å². The fourth-order valence-electron chi connectivity index (χ4n) is 2.77. The lowest BCUT2D eigenvalue weighted by molar-refractivity contribution is -0.137. The molecule has 1 aromatic heterocycles. The molecule has 0 atom stereocenters. The van der Waals surface area contributed by atoms with Crippen molar-refractivity contribution in [2.45, 2.75) is 20.0 Å². The van der Waals surface area contributed by atoms with E-state index in [-0.39, 0.29) is 11.3 Å².